The first-order valence-corrected chi connectivity index (χ1v) is 12.7. The maximum Gasteiger partial charge on any atom is 0.333 e. The molecule has 0 aliphatic carbocycles. The quantitative estimate of drug-likeness (QED) is 0.500. The second-order valence-corrected chi connectivity index (χ2v) is 9.50. The highest BCUT2D eigenvalue weighted by Crippen LogP contribution is 2.34. The van der Waals surface area contributed by atoms with Crippen LogP contribution in [-0.2, 0) is 16.1 Å². The van der Waals surface area contributed by atoms with Crippen LogP contribution < -0.4 is 5.32 Å². The van der Waals surface area contributed by atoms with E-state index in [0.717, 1.165) is 17.5 Å². The molecule has 2 aromatic rings. The number of carbonyl (C=O) groups excluding carboxylic acids is 2. The van der Waals surface area contributed by atoms with Crippen LogP contribution in [-0.4, -0.2) is 86.0 Å². The molecule has 0 spiro atoms. The monoisotopic (exact) mass is 509 g/mol. The number of hydrogen-bond donors (Lipinski definition) is 3. The average molecular weight is 510 g/mol. The van der Waals surface area contributed by atoms with Crippen LogP contribution in [0.1, 0.15) is 43.9 Å². The Morgan fingerprint density at radius 1 is 1.05 bits per heavy atom. The van der Waals surface area contributed by atoms with Crippen molar-refractivity contribution in [2.24, 2.45) is 0 Å². The summed E-state index contributed by atoms with van der Waals surface area (Å²) in [7, 11) is 0. The largest absolute Gasteiger partial charge is 0.481 e. The highest BCUT2D eigenvalue weighted by atomic mass is 16.4. The molecule has 1 unspecified atom stereocenters. The molecule has 3 amide bonds. The number of hydrazine groups is 1. The SMILES string of the molecule is CCCN1CC(O)N2[C@@H](CC(=O)O)C(=O)N([C@@H](C)c3ccccc3)C[C@@H]2N1C(=O)NCc1ccccc1. The average Bonchev–Trinajstić information content (AvgIpc) is 2.89. The Kier molecular flexibility index (Phi) is 8.42. The zero-order chi connectivity index (χ0) is 26.5. The number of carboxylic acid groups (broad SMARTS) is 1. The maximum absolute atomic E-state index is 13.6. The maximum atomic E-state index is 13.6. The molecule has 2 aliphatic rings. The molecule has 198 valence electrons. The molecular formula is C27H35N5O5. The molecule has 37 heavy (non-hydrogen) atoms. The molecule has 0 radical (unpaired) electrons. The van der Waals surface area contributed by atoms with Crippen molar-refractivity contribution in [2.75, 3.05) is 19.6 Å². The molecule has 2 fully saturated rings. The van der Waals surface area contributed by atoms with Crippen molar-refractivity contribution in [3.05, 3.63) is 71.8 Å². The first-order chi connectivity index (χ1) is 17.8. The number of nitrogens with zero attached hydrogens (tertiary/aromatic N) is 4. The molecule has 4 rings (SSSR count). The van der Waals surface area contributed by atoms with Gasteiger partial charge in [0.25, 0.3) is 0 Å². The van der Waals surface area contributed by atoms with E-state index in [1.165, 1.54) is 4.90 Å². The minimum atomic E-state index is -1.14. The van der Waals surface area contributed by atoms with Gasteiger partial charge < -0.3 is 20.4 Å². The van der Waals surface area contributed by atoms with E-state index in [1.54, 1.807) is 14.9 Å². The predicted molar refractivity (Wildman–Crippen MR) is 137 cm³/mol. The number of aliphatic carboxylic acids is 1. The number of carboxylic acids is 1. The molecule has 10 nitrogen and oxygen atoms in total. The first-order valence-electron chi connectivity index (χ1n) is 12.7. The third-order valence-corrected chi connectivity index (χ3v) is 7.03. The van der Waals surface area contributed by atoms with Crippen molar-refractivity contribution in [1.82, 2.24) is 25.1 Å². The Hall–Kier alpha value is -3.47. The smallest absolute Gasteiger partial charge is 0.333 e. The Morgan fingerprint density at radius 3 is 2.32 bits per heavy atom. The minimum Gasteiger partial charge on any atom is -0.481 e. The number of urea groups is 1. The fraction of sp³-hybridized carbons (Fsp3) is 0.444. The Bertz CT molecular complexity index is 1090. The number of rotatable bonds is 8. The summed E-state index contributed by atoms with van der Waals surface area (Å²) < 4.78 is 0. The van der Waals surface area contributed by atoms with Gasteiger partial charge in [-0.25, -0.2) is 19.7 Å². The standard InChI is InChI=1S/C27H35N5O5/c1-3-14-29-18-24(33)31-22(15-25(34)35)26(36)30(19(2)21-12-8-5-9-13-21)17-23(31)32(29)27(37)28-16-20-10-6-4-7-11-20/h4-13,19,22-24,33H,3,14-18H2,1-2H3,(H,28,37)(H,34,35)/t19-,22-,23-,24?/m0/s1. The fourth-order valence-corrected chi connectivity index (χ4v) is 5.25. The van der Waals surface area contributed by atoms with Crippen LogP contribution in [0.2, 0.25) is 0 Å². The number of nitrogens with one attached hydrogen (secondary N) is 1. The van der Waals surface area contributed by atoms with Gasteiger partial charge in [-0.3, -0.25) is 9.59 Å². The summed E-state index contributed by atoms with van der Waals surface area (Å²) in [6.45, 7) is 4.92. The van der Waals surface area contributed by atoms with E-state index in [0.29, 0.717) is 13.1 Å². The number of benzene rings is 2. The van der Waals surface area contributed by atoms with Crippen LogP contribution in [0, 0.1) is 0 Å². The summed E-state index contributed by atoms with van der Waals surface area (Å²) in [6.07, 6.45) is -1.57. The first kappa shape index (κ1) is 26.6. The van der Waals surface area contributed by atoms with E-state index in [2.05, 4.69) is 5.32 Å². The lowest BCUT2D eigenvalue weighted by Crippen LogP contribution is -2.77. The van der Waals surface area contributed by atoms with Gasteiger partial charge in [-0.2, -0.15) is 0 Å². The van der Waals surface area contributed by atoms with Gasteiger partial charge in [-0.05, 0) is 24.5 Å². The third-order valence-electron chi connectivity index (χ3n) is 7.03. The molecule has 4 atom stereocenters. The Balaban J connectivity index is 1.68. The lowest BCUT2D eigenvalue weighted by molar-refractivity contribution is -0.231. The highest BCUT2D eigenvalue weighted by Gasteiger charge is 2.53. The van der Waals surface area contributed by atoms with Gasteiger partial charge in [-0.15, -0.1) is 0 Å². The van der Waals surface area contributed by atoms with Gasteiger partial charge in [0.05, 0.1) is 25.6 Å². The molecule has 10 heteroatoms. The third kappa shape index (κ3) is 5.76. The van der Waals surface area contributed by atoms with E-state index in [1.807, 2.05) is 74.5 Å². The van der Waals surface area contributed by atoms with Crippen LogP contribution in [0.15, 0.2) is 60.7 Å². The molecule has 0 saturated carbocycles. The van der Waals surface area contributed by atoms with Crippen LogP contribution in [0.4, 0.5) is 4.79 Å². The molecule has 2 aromatic carbocycles. The lowest BCUT2D eigenvalue weighted by Gasteiger charge is -2.57. The molecule has 2 saturated heterocycles. The summed E-state index contributed by atoms with van der Waals surface area (Å²) in [4.78, 5) is 42.2. The van der Waals surface area contributed by atoms with Crippen molar-refractivity contribution >= 4 is 17.9 Å². The number of fused-ring (bicyclic) bond motifs is 1. The zero-order valence-corrected chi connectivity index (χ0v) is 21.2. The van der Waals surface area contributed by atoms with Crippen LogP contribution >= 0.6 is 0 Å². The van der Waals surface area contributed by atoms with Crippen LogP contribution in [0.25, 0.3) is 0 Å². The second-order valence-electron chi connectivity index (χ2n) is 9.50. The minimum absolute atomic E-state index is 0.0841. The summed E-state index contributed by atoms with van der Waals surface area (Å²) >= 11 is 0. The number of aliphatic hydroxyl groups excluding tert-OH is 1. The van der Waals surface area contributed by atoms with Gasteiger partial charge in [0.1, 0.15) is 18.4 Å². The van der Waals surface area contributed by atoms with Gasteiger partial charge in [-0.1, -0.05) is 67.6 Å². The highest BCUT2D eigenvalue weighted by molar-refractivity contribution is 5.87. The van der Waals surface area contributed by atoms with Crippen molar-refractivity contribution < 1.29 is 24.6 Å². The predicted octanol–water partition coefficient (Wildman–Crippen LogP) is 2.23. The van der Waals surface area contributed by atoms with E-state index in [-0.39, 0.29) is 31.1 Å². The van der Waals surface area contributed by atoms with E-state index >= 15 is 0 Å². The van der Waals surface area contributed by atoms with Gasteiger partial charge >= 0.3 is 12.0 Å². The van der Waals surface area contributed by atoms with Gasteiger partial charge in [0.2, 0.25) is 5.91 Å². The number of aliphatic hydroxyl groups is 1. The summed E-state index contributed by atoms with van der Waals surface area (Å²) in [5.74, 6) is -1.52. The lowest BCUT2D eigenvalue weighted by atomic mass is 9.99. The summed E-state index contributed by atoms with van der Waals surface area (Å²) in [6, 6.07) is 17.2. The molecule has 0 aromatic heterocycles. The zero-order valence-electron chi connectivity index (χ0n) is 21.2. The van der Waals surface area contributed by atoms with Crippen molar-refractivity contribution in [3.63, 3.8) is 0 Å². The fourth-order valence-electron chi connectivity index (χ4n) is 5.25. The Labute approximate surface area is 217 Å². The van der Waals surface area contributed by atoms with E-state index in [9.17, 15) is 24.6 Å². The number of β-amino-alcohol motifs (C(OH)–C–C–N with tert-alkyl or cyclic N) is 1. The molecule has 3 N–H and O–H groups in total. The summed E-state index contributed by atoms with van der Waals surface area (Å²) in [5, 5.41) is 27.1. The summed E-state index contributed by atoms with van der Waals surface area (Å²) in [5.41, 5.74) is 1.84. The van der Waals surface area contributed by atoms with Crippen molar-refractivity contribution in [3.8, 4) is 0 Å². The molecule has 2 aliphatic heterocycles. The van der Waals surface area contributed by atoms with Gasteiger partial charge in [0, 0.05) is 13.1 Å². The molecule has 0 bridgehead atoms. The molecular weight excluding hydrogens is 474 g/mol. The normalized spacial score (nSPS) is 23.4. The number of carbonyl (C=O) groups is 3. The van der Waals surface area contributed by atoms with E-state index in [4.69, 9.17) is 0 Å². The second kappa shape index (κ2) is 11.7. The van der Waals surface area contributed by atoms with Crippen molar-refractivity contribution in [1.29, 1.82) is 0 Å². The Morgan fingerprint density at radius 2 is 1.70 bits per heavy atom. The number of amides is 3. The number of hydrogen-bond acceptors (Lipinski definition) is 6. The molecule has 2 heterocycles. The van der Waals surface area contributed by atoms with E-state index < -0.39 is 30.8 Å². The number of piperazine rings is 1. The van der Waals surface area contributed by atoms with Crippen LogP contribution in [0.3, 0.4) is 0 Å². The van der Waals surface area contributed by atoms with Crippen LogP contribution in [0.5, 0.6) is 0 Å². The van der Waals surface area contributed by atoms with Crippen molar-refractivity contribution in [2.45, 2.75) is 57.7 Å². The topological polar surface area (TPSA) is 117 Å². The van der Waals surface area contributed by atoms with Gasteiger partial charge in [0.15, 0.2) is 0 Å².